The summed E-state index contributed by atoms with van der Waals surface area (Å²) in [4.78, 5) is 23.0. The zero-order valence-electron chi connectivity index (χ0n) is 39.9. The van der Waals surface area contributed by atoms with E-state index in [1.54, 1.807) is 0 Å². The van der Waals surface area contributed by atoms with Gasteiger partial charge in [-0.3, -0.25) is 13.8 Å². The van der Waals surface area contributed by atoms with Crippen LogP contribution in [0.1, 0.15) is 213 Å². The minimum atomic E-state index is -4.28. The fourth-order valence-corrected chi connectivity index (χ4v) is 7.47. The number of likely N-dealkylation sites (N-methyl/N-ethyl adjacent to an activating group) is 1. The van der Waals surface area contributed by atoms with Gasteiger partial charge >= 0.3 is 13.8 Å². The number of ether oxygens (including phenoxy) is 2. The first-order valence-corrected chi connectivity index (χ1v) is 26.4. The Morgan fingerprint density at radius 3 is 1.42 bits per heavy atom. The quantitative estimate of drug-likeness (QED) is 0.0214. The van der Waals surface area contributed by atoms with Crippen molar-refractivity contribution in [2.24, 2.45) is 0 Å². The van der Waals surface area contributed by atoms with Gasteiger partial charge in [0.25, 0.3) is 0 Å². The van der Waals surface area contributed by atoms with Crippen molar-refractivity contribution in [1.82, 2.24) is 0 Å². The lowest BCUT2D eigenvalue weighted by Gasteiger charge is -2.24. The highest BCUT2D eigenvalue weighted by Crippen LogP contribution is 2.43. The monoisotopic (exact) mass is 867 g/mol. The average molecular weight is 867 g/mol. The molecule has 8 nitrogen and oxygen atoms in total. The topological polar surface area (TPSA) is 91.3 Å². The van der Waals surface area contributed by atoms with Gasteiger partial charge < -0.3 is 18.9 Å². The number of hydrogen-bond acceptors (Lipinski definition) is 6. The third kappa shape index (κ3) is 47.5. The number of carbonyl (C=O) groups excluding carboxylic acids is 1. The summed E-state index contributed by atoms with van der Waals surface area (Å²) in [5, 5.41) is 0. The van der Waals surface area contributed by atoms with Crippen LogP contribution in [0.3, 0.4) is 0 Å². The molecular weight excluding hydrogens is 770 g/mol. The van der Waals surface area contributed by atoms with Crippen molar-refractivity contribution >= 4 is 13.8 Å². The minimum Gasteiger partial charge on any atom is -0.457 e. The summed E-state index contributed by atoms with van der Waals surface area (Å²) in [6.45, 7) is 5.58. The van der Waals surface area contributed by atoms with Crippen LogP contribution in [0.25, 0.3) is 0 Å². The lowest BCUT2D eigenvalue weighted by atomic mass is 10.1. The van der Waals surface area contributed by atoms with Crippen molar-refractivity contribution in [2.45, 2.75) is 219 Å². The molecule has 2 unspecified atom stereocenters. The van der Waals surface area contributed by atoms with Crippen LogP contribution in [0.15, 0.2) is 48.6 Å². The molecular formula is C51H97NO7P+. The third-order valence-corrected chi connectivity index (χ3v) is 11.6. The van der Waals surface area contributed by atoms with Gasteiger partial charge in [-0.05, 0) is 77.0 Å². The highest BCUT2D eigenvalue weighted by Gasteiger charge is 2.26. The fourth-order valence-electron chi connectivity index (χ4n) is 6.73. The molecule has 0 bridgehead atoms. The number of phosphoric acid groups is 1. The molecule has 0 heterocycles. The molecule has 352 valence electrons. The van der Waals surface area contributed by atoms with Gasteiger partial charge in [0.1, 0.15) is 19.3 Å². The molecule has 0 spiro atoms. The SMILES string of the molecule is CCCCC/C=C\C/C=C\C/C=C\CCCCCCCCCOCC(COP(=O)(O)OCC[N+](C)(C)C)OC(=O)CCCCCCCCC/C=C\CCCCCCCCC. The average Bonchev–Trinajstić information content (AvgIpc) is 3.20. The number of hydrogen-bond donors (Lipinski definition) is 1. The first kappa shape index (κ1) is 58.5. The summed E-state index contributed by atoms with van der Waals surface area (Å²) >= 11 is 0. The first-order chi connectivity index (χ1) is 29.1. The van der Waals surface area contributed by atoms with Crippen LogP contribution in [0.5, 0.6) is 0 Å². The zero-order valence-corrected chi connectivity index (χ0v) is 40.8. The summed E-state index contributed by atoms with van der Waals surface area (Å²) in [7, 11) is 1.66. The number of phosphoric ester groups is 1. The van der Waals surface area contributed by atoms with Gasteiger partial charge in [0.05, 0.1) is 34.4 Å². The molecule has 0 aliphatic carbocycles. The van der Waals surface area contributed by atoms with E-state index in [1.165, 1.54) is 141 Å². The first-order valence-electron chi connectivity index (χ1n) is 24.9. The Kier molecular flexibility index (Phi) is 43.0. The van der Waals surface area contributed by atoms with E-state index in [0.717, 1.165) is 51.4 Å². The van der Waals surface area contributed by atoms with E-state index in [2.05, 4.69) is 62.5 Å². The van der Waals surface area contributed by atoms with Crippen LogP contribution in [0, 0.1) is 0 Å². The minimum absolute atomic E-state index is 0.0846. The van der Waals surface area contributed by atoms with Crippen LogP contribution in [0.2, 0.25) is 0 Å². The molecule has 0 radical (unpaired) electrons. The Labute approximate surface area is 371 Å². The van der Waals surface area contributed by atoms with Crippen molar-refractivity contribution in [3.05, 3.63) is 48.6 Å². The molecule has 0 aromatic heterocycles. The second kappa shape index (κ2) is 44.1. The van der Waals surface area contributed by atoms with Crippen LogP contribution in [0.4, 0.5) is 0 Å². The lowest BCUT2D eigenvalue weighted by Crippen LogP contribution is -2.37. The van der Waals surface area contributed by atoms with Gasteiger partial charge in [-0.15, -0.1) is 0 Å². The Bertz CT molecular complexity index is 1100. The van der Waals surface area contributed by atoms with Gasteiger partial charge in [0, 0.05) is 13.0 Å². The standard InChI is InChI=1S/C51H96NO7P/c1-6-8-10-12-14-16-18-20-22-24-26-27-29-31-33-35-37-39-41-43-46-56-48-50(49-58-60(54,55)57-47-45-52(3,4)5)59-51(53)44-42-40-38-36-34-32-30-28-25-23-21-19-17-15-13-11-9-7-2/h14,16,20,22-23,25-27,50H,6-13,15,17-19,21,24,28-49H2,1-5H3/p+1/b16-14-,22-20-,25-23-,27-26-. The van der Waals surface area contributed by atoms with Crippen LogP contribution < -0.4 is 0 Å². The van der Waals surface area contributed by atoms with Crippen molar-refractivity contribution in [3.8, 4) is 0 Å². The van der Waals surface area contributed by atoms with Gasteiger partial charge in [0.15, 0.2) is 0 Å². The Hall–Kier alpha value is -1.54. The Balaban J connectivity index is 4.20. The third-order valence-electron chi connectivity index (χ3n) is 10.6. The number of carbonyl (C=O) groups is 1. The molecule has 0 aliphatic rings. The fraction of sp³-hybridized carbons (Fsp3) is 0.824. The Morgan fingerprint density at radius 1 is 0.517 bits per heavy atom. The molecule has 0 fully saturated rings. The van der Waals surface area contributed by atoms with E-state index in [1.807, 2.05) is 21.1 Å². The van der Waals surface area contributed by atoms with Crippen LogP contribution in [-0.4, -0.2) is 75.6 Å². The largest absolute Gasteiger partial charge is 0.472 e. The number of nitrogens with zero attached hydrogens (tertiary/aromatic N) is 1. The number of rotatable bonds is 46. The highest BCUT2D eigenvalue weighted by atomic mass is 31.2. The van der Waals surface area contributed by atoms with Crippen molar-refractivity contribution in [1.29, 1.82) is 0 Å². The molecule has 9 heteroatoms. The van der Waals surface area contributed by atoms with E-state index in [9.17, 15) is 14.3 Å². The number of quaternary nitrogens is 1. The molecule has 2 atom stereocenters. The maximum absolute atomic E-state index is 12.7. The normalized spacial score (nSPS) is 14.0. The van der Waals surface area contributed by atoms with Gasteiger partial charge in [-0.1, -0.05) is 178 Å². The number of unbranched alkanes of at least 4 members (excludes halogenated alkanes) is 24. The summed E-state index contributed by atoms with van der Waals surface area (Å²) in [6.07, 6.45) is 54.3. The van der Waals surface area contributed by atoms with E-state index >= 15 is 0 Å². The van der Waals surface area contributed by atoms with E-state index in [0.29, 0.717) is 24.1 Å². The second-order valence-electron chi connectivity index (χ2n) is 17.8. The molecule has 0 saturated heterocycles. The molecule has 0 rings (SSSR count). The molecule has 0 aliphatic heterocycles. The van der Waals surface area contributed by atoms with Gasteiger partial charge in [-0.25, -0.2) is 4.57 Å². The molecule has 0 amide bonds. The molecule has 0 aromatic carbocycles. The predicted octanol–water partition coefficient (Wildman–Crippen LogP) is 15.1. The molecule has 60 heavy (non-hydrogen) atoms. The highest BCUT2D eigenvalue weighted by molar-refractivity contribution is 7.47. The maximum atomic E-state index is 12.7. The van der Waals surface area contributed by atoms with Crippen molar-refractivity contribution in [3.63, 3.8) is 0 Å². The second-order valence-corrected chi connectivity index (χ2v) is 19.3. The molecule has 1 N–H and O–H groups in total. The summed E-state index contributed by atoms with van der Waals surface area (Å²) in [6, 6.07) is 0. The van der Waals surface area contributed by atoms with E-state index in [-0.39, 0.29) is 25.8 Å². The van der Waals surface area contributed by atoms with Crippen molar-refractivity contribution < 1.29 is 37.3 Å². The van der Waals surface area contributed by atoms with E-state index < -0.39 is 13.9 Å². The number of allylic oxidation sites excluding steroid dienone is 8. The summed E-state index contributed by atoms with van der Waals surface area (Å²) < 4.78 is 35.1. The molecule has 0 saturated carbocycles. The summed E-state index contributed by atoms with van der Waals surface area (Å²) in [5.41, 5.74) is 0. The van der Waals surface area contributed by atoms with Crippen LogP contribution >= 0.6 is 7.82 Å². The Morgan fingerprint density at radius 2 is 0.917 bits per heavy atom. The number of esters is 1. The zero-order chi connectivity index (χ0) is 44.1. The molecule has 0 aromatic rings. The van der Waals surface area contributed by atoms with Gasteiger partial charge in [-0.2, -0.15) is 0 Å². The maximum Gasteiger partial charge on any atom is 0.472 e. The predicted molar refractivity (Wildman–Crippen MR) is 256 cm³/mol. The van der Waals surface area contributed by atoms with E-state index in [4.69, 9.17) is 18.5 Å². The van der Waals surface area contributed by atoms with Crippen LogP contribution in [-0.2, 0) is 27.9 Å². The summed E-state index contributed by atoms with van der Waals surface area (Å²) in [5.74, 6) is -0.321. The van der Waals surface area contributed by atoms with Gasteiger partial charge in [0.2, 0.25) is 0 Å². The smallest absolute Gasteiger partial charge is 0.457 e. The van der Waals surface area contributed by atoms with Crippen molar-refractivity contribution in [2.75, 3.05) is 54.1 Å². The lowest BCUT2D eigenvalue weighted by molar-refractivity contribution is -0.870.